The highest BCUT2D eigenvalue weighted by molar-refractivity contribution is 5.96. The molecule has 0 radical (unpaired) electrons. The lowest BCUT2D eigenvalue weighted by molar-refractivity contribution is -0.384. The zero-order chi connectivity index (χ0) is 23.2. The Hall–Kier alpha value is -3.46. The molecule has 0 aliphatic carbocycles. The monoisotopic (exact) mass is 451 g/mol. The van der Waals surface area contributed by atoms with Gasteiger partial charge in [0, 0.05) is 57.4 Å². The summed E-state index contributed by atoms with van der Waals surface area (Å²) >= 11 is 0. The number of rotatable bonds is 7. The van der Waals surface area contributed by atoms with Gasteiger partial charge in [-0.15, -0.1) is 0 Å². The first-order valence-corrected chi connectivity index (χ1v) is 11.4. The van der Waals surface area contributed by atoms with Crippen molar-refractivity contribution in [3.05, 3.63) is 69.8 Å². The fraction of sp³-hybridized carbons (Fsp3) is 0.417. The van der Waals surface area contributed by atoms with Gasteiger partial charge >= 0.3 is 0 Å². The molecule has 2 aromatic carbocycles. The molecule has 2 heterocycles. The van der Waals surface area contributed by atoms with Gasteiger partial charge in [0.15, 0.2) is 0 Å². The van der Waals surface area contributed by atoms with Crippen LogP contribution < -0.4 is 5.32 Å². The Morgan fingerprint density at radius 1 is 0.909 bits per heavy atom. The molecule has 0 aromatic heterocycles. The summed E-state index contributed by atoms with van der Waals surface area (Å²) in [5, 5.41) is 14.7. The molecule has 2 saturated heterocycles. The van der Waals surface area contributed by atoms with E-state index < -0.39 is 4.92 Å². The first-order valence-electron chi connectivity index (χ1n) is 11.4. The minimum Gasteiger partial charge on any atom is -0.375 e. The minimum absolute atomic E-state index is 0.119. The maximum atomic E-state index is 13.0. The molecule has 0 bridgehead atoms. The van der Waals surface area contributed by atoms with Crippen molar-refractivity contribution >= 4 is 23.2 Å². The van der Waals surface area contributed by atoms with E-state index >= 15 is 0 Å². The molecule has 2 amide bonds. The van der Waals surface area contributed by atoms with Crippen molar-refractivity contribution in [3.8, 4) is 0 Å². The predicted molar refractivity (Wildman–Crippen MR) is 125 cm³/mol. The van der Waals surface area contributed by atoms with Crippen LogP contribution in [0.4, 0.5) is 11.4 Å². The maximum Gasteiger partial charge on any atom is 0.293 e. The van der Waals surface area contributed by atoms with Gasteiger partial charge in [-0.3, -0.25) is 24.6 Å². The Kier molecular flexibility index (Phi) is 7.19. The SMILES string of the molecule is O=C(CN1CCN(C(=O)c2ccc(NCc3ccccc3)c([N+](=O)[O-])c2)CC1)N1CCCC1. The van der Waals surface area contributed by atoms with E-state index in [1.165, 1.54) is 6.07 Å². The number of amides is 2. The Bertz CT molecular complexity index is 999. The average molecular weight is 452 g/mol. The van der Waals surface area contributed by atoms with Crippen molar-refractivity contribution in [3.63, 3.8) is 0 Å². The van der Waals surface area contributed by atoms with Crippen LogP contribution in [0.1, 0.15) is 28.8 Å². The van der Waals surface area contributed by atoms with Crippen molar-refractivity contribution < 1.29 is 14.5 Å². The van der Waals surface area contributed by atoms with Crippen LogP contribution in [0, 0.1) is 10.1 Å². The van der Waals surface area contributed by atoms with Gasteiger partial charge in [0.1, 0.15) is 5.69 Å². The minimum atomic E-state index is -0.466. The summed E-state index contributed by atoms with van der Waals surface area (Å²) in [6.07, 6.45) is 2.14. The van der Waals surface area contributed by atoms with Crippen LogP contribution >= 0.6 is 0 Å². The van der Waals surface area contributed by atoms with E-state index in [9.17, 15) is 19.7 Å². The molecule has 4 rings (SSSR count). The number of carbonyl (C=O) groups is 2. The van der Waals surface area contributed by atoms with E-state index in [0.29, 0.717) is 50.5 Å². The fourth-order valence-electron chi connectivity index (χ4n) is 4.31. The molecule has 1 N–H and O–H groups in total. The summed E-state index contributed by atoms with van der Waals surface area (Å²) in [6.45, 7) is 4.73. The van der Waals surface area contributed by atoms with Gasteiger partial charge in [0.25, 0.3) is 11.6 Å². The molecule has 33 heavy (non-hydrogen) atoms. The number of hydrogen-bond donors (Lipinski definition) is 1. The maximum absolute atomic E-state index is 13.0. The summed E-state index contributed by atoms with van der Waals surface area (Å²) in [7, 11) is 0. The van der Waals surface area contributed by atoms with Gasteiger partial charge in [-0.05, 0) is 30.5 Å². The third kappa shape index (κ3) is 5.67. The number of anilines is 1. The van der Waals surface area contributed by atoms with Crippen LogP contribution in [0.15, 0.2) is 48.5 Å². The molecule has 2 fully saturated rings. The topological polar surface area (TPSA) is 99.0 Å². The Labute approximate surface area is 193 Å². The molecule has 0 atom stereocenters. The van der Waals surface area contributed by atoms with Gasteiger partial charge in [0.05, 0.1) is 11.5 Å². The number of hydrogen-bond acceptors (Lipinski definition) is 6. The summed E-state index contributed by atoms with van der Waals surface area (Å²) < 4.78 is 0. The van der Waals surface area contributed by atoms with Crippen molar-refractivity contribution in [2.45, 2.75) is 19.4 Å². The van der Waals surface area contributed by atoms with Crippen molar-refractivity contribution in [1.29, 1.82) is 0 Å². The number of benzene rings is 2. The van der Waals surface area contributed by atoms with Crippen LogP contribution in [-0.2, 0) is 11.3 Å². The molecule has 2 aromatic rings. The van der Waals surface area contributed by atoms with Crippen molar-refractivity contribution in [1.82, 2.24) is 14.7 Å². The summed E-state index contributed by atoms with van der Waals surface area (Å²) in [5.74, 6) is -0.0697. The smallest absolute Gasteiger partial charge is 0.293 e. The summed E-state index contributed by atoms with van der Waals surface area (Å²) in [4.78, 5) is 42.2. The third-order valence-electron chi connectivity index (χ3n) is 6.24. The molecular formula is C24H29N5O4. The number of carbonyl (C=O) groups excluding carboxylic acids is 2. The lowest BCUT2D eigenvalue weighted by Crippen LogP contribution is -2.51. The van der Waals surface area contributed by atoms with E-state index in [0.717, 1.165) is 31.5 Å². The highest BCUT2D eigenvalue weighted by Crippen LogP contribution is 2.27. The predicted octanol–water partition coefficient (Wildman–Crippen LogP) is 2.59. The van der Waals surface area contributed by atoms with Gasteiger partial charge in [-0.1, -0.05) is 30.3 Å². The number of nitrogens with one attached hydrogen (secondary N) is 1. The third-order valence-corrected chi connectivity index (χ3v) is 6.24. The first-order chi connectivity index (χ1) is 16.0. The molecular weight excluding hydrogens is 422 g/mol. The van der Waals surface area contributed by atoms with Crippen LogP contribution in [0.25, 0.3) is 0 Å². The van der Waals surface area contributed by atoms with Crippen LogP contribution in [-0.4, -0.2) is 77.3 Å². The number of nitro benzene ring substituents is 1. The molecule has 9 heteroatoms. The van der Waals surface area contributed by atoms with Crippen LogP contribution in [0.3, 0.4) is 0 Å². The second kappa shape index (κ2) is 10.4. The van der Waals surface area contributed by atoms with E-state index in [4.69, 9.17) is 0 Å². The molecule has 2 aliphatic heterocycles. The molecule has 2 aliphatic rings. The fourth-order valence-corrected chi connectivity index (χ4v) is 4.31. The lowest BCUT2D eigenvalue weighted by Gasteiger charge is -2.35. The molecule has 9 nitrogen and oxygen atoms in total. The largest absolute Gasteiger partial charge is 0.375 e. The van der Waals surface area contributed by atoms with E-state index in [1.54, 1.807) is 17.0 Å². The molecule has 0 saturated carbocycles. The summed E-state index contributed by atoms with van der Waals surface area (Å²) in [6, 6.07) is 14.2. The standard InChI is InChI=1S/C24H29N5O4/c30-23(27-10-4-5-11-27)18-26-12-14-28(15-13-26)24(31)20-8-9-21(22(16-20)29(32)33)25-17-19-6-2-1-3-7-19/h1-3,6-9,16,25H,4-5,10-15,17-18H2. The van der Waals surface area contributed by atoms with Gasteiger partial charge in [0.2, 0.25) is 5.91 Å². The Balaban J connectivity index is 1.35. The van der Waals surface area contributed by atoms with Gasteiger partial charge < -0.3 is 15.1 Å². The second-order valence-electron chi connectivity index (χ2n) is 8.48. The average Bonchev–Trinajstić information content (AvgIpc) is 3.39. The van der Waals surface area contributed by atoms with E-state index in [2.05, 4.69) is 10.2 Å². The van der Waals surface area contributed by atoms with Gasteiger partial charge in [-0.2, -0.15) is 0 Å². The number of piperazine rings is 1. The zero-order valence-corrected chi connectivity index (χ0v) is 18.6. The van der Waals surface area contributed by atoms with Crippen LogP contribution in [0.2, 0.25) is 0 Å². The molecule has 174 valence electrons. The quantitative estimate of drug-likeness (QED) is 0.513. The lowest BCUT2D eigenvalue weighted by atomic mass is 10.1. The van der Waals surface area contributed by atoms with E-state index in [-0.39, 0.29) is 17.5 Å². The Morgan fingerprint density at radius 2 is 1.61 bits per heavy atom. The van der Waals surface area contributed by atoms with Crippen molar-refractivity contribution in [2.24, 2.45) is 0 Å². The van der Waals surface area contributed by atoms with Crippen molar-refractivity contribution in [2.75, 3.05) is 51.1 Å². The normalized spacial score (nSPS) is 16.6. The Morgan fingerprint density at radius 3 is 2.27 bits per heavy atom. The highest BCUT2D eigenvalue weighted by atomic mass is 16.6. The highest BCUT2D eigenvalue weighted by Gasteiger charge is 2.27. The first kappa shape index (κ1) is 22.7. The number of likely N-dealkylation sites (tertiary alicyclic amines) is 1. The van der Waals surface area contributed by atoms with E-state index in [1.807, 2.05) is 35.2 Å². The zero-order valence-electron chi connectivity index (χ0n) is 18.6. The second-order valence-corrected chi connectivity index (χ2v) is 8.48. The molecule has 0 spiro atoms. The van der Waals surface area contributed by atoms with Crippen LogP contribution in [0.5, 0.6) is 0 Å². The molecule has 0 unspecified atom stereocenters. The summed E-state index contributed by atoms with van der Waals surface area (Å²) in [5.41, 5.74) is 1.57. The van der Waals surface area contributed by atoms with Gasteiger partial charge in [-0.25, -0.2) is 0 Å². The number of nitrogens with zero attached hydrogens (tertiary/aromatic N) is 4. The number of nitro groups is 1.